The van der Waals surface area contributed by atoms with Gasteiger partial charge in [0.05, 0.1) is 18.8 Å². The van der Waals surface area contributed by atoms with Crippen LogP contribution in [0.2, 0.25) is 0 Å². The molecule has 2 atom stereocenters. The second-order valence-electron chi connectivity index (χ2n) is 9.01. The van der Waals surface area contributed by atoms with Crippen molar-refractivity contribution < 1.29 is 14.3 Å². The molecule has 0 bridgehead atoms. The number of hydrogen-bond donors (Lipinski definition) is 1. The quantitative estimate of drug-likeness (QED) is 0.608. The lowest BCUT2D eigenvalue weighted by Crippen LogP contribution is -2.45. The lowest BCUT2D eigenvalue weighted by Gasteiger charge is -2.34. The number of rotatable bonds is 1. The summed E-state index contributed by atoms with van der Waals surface area (Å²) in [4.78, 5) is 29.3. The van der Waals surface area contributed by atoms with Crippen molar-refractivity contribution in [1.82, 2.24) is 29.8 Å². The number of fused-ring (bicyclic) bond motifs is 3. The maximum atomic E-state index is 13.2. The van der Waals surface area contributed by atoms with Gasteiger partial charge in [-0.05, 0) is 33.8 Å². The van der Waals surface area contributed by atoms with Gasteiger partial charge in [-0.3, -0.25) is 14.6 Å². The van der Waals surface area contributed by atoms with E-state index >= 15 is 0 Å². The van der Waals surface area contributed by atoms with Gasteiger partial charge in [-0.15, -0.1) is 0 Å². The Hall–Kier alpha value is -2.49. The molecule has 34 heavy (non-hydrogen) atoms. The van der Waals surface area contributed by atoms with Crippen LogP contribution in [-0.4, -0.2) is 67.0 Å². The second kappa shape index (κ2) is 12.3. The average molecular weight is 499 g/mol. The highest BCUT2D eigenvalue weighted by Gasteiger charge is 2.38. The van der Waals surface area contributed by atoms with E-state index in [1.165, 1.54) is 0 Å². The summed E-state index contributed by atoms with van der Waals surface area (Å²) in [6.45, 7) is 9.03. The Balaban J connectivity index is 0. The number of hydrogen-bond acceptors (Lipinski definition) is 5. The van der Waals surface area contributed by atoms with Crippen LogP contribution in [0.5, 0.6) is 0 Å². The van der Waals surface area contributed by atoms with E-state index in [4.69, 9.17) is 9.84 Å². The van der Waals surface area contributed by atoms with Gasteiger partial charge in [0.25, 0.3) is 5.91 Å². The fourth-order valence-electron chi connectivity index (χ4n) is 4.08. The van der Waals surface area contributed by atoms with E-state index in [0.29, 0.717) is 31.7 Å². The fourth-order valence-corrected chi connectivity index (χ4v) is 4.08. The number of aromatic amines is 1. The summed E-state index contributed by atoms with van der Waals surface area (Å²) in [5.41, 5.74) is 2.70. The van der Waals surface area contributed by atoms with Gasteiger partial charge >= 0.3 is 6.09 Å². The van der Waals surface area contributed by atoms with Gasteiger partial charge in [-0.2, -0.15) is 23.7 Å². The predicted octanol–water partition coefficient (Wildman–Crippen LogP) is 4.81. The van der Waals surface area contributed by atoms with Crippen molar-refractivity contribution in [3.8, 4) is 0 Å². The maximum Gasteiger partial charge on any atom is 0.410 e. The lowest BCUT2D eigenvalue weighted by atomic mass is 9.99. The number of likely N-dealkylation sites (N-methyl/N-ethyl adjacent to an activating group) is 1. The number of carbonyl (C=O) groups excluding carboxylic acids is 2. The molecule has 10 heteroatoms. The summed E-state index contributed by atoms with van der Waals surface area (Å²) in [7, 11) is 1.80. The van der Waals surface area contributed by atoms with Crippen LogP contribution in [0.3, 0.4) is 0 Å². The Morgan fingerprint density at radius 3 is 2.38 bits per heavy atom. The zero-order valence-corrected chi connectivity index (χ0v) is 19.1. The minimum atomic E-state index is -0.569. The van der Waals surface area contributed by atoms with Crippen molar-refractivity contribution >= 4 is 25.5 Å². The zero-order chi connectivity index (χ0) is 20.9. The van der Waals surface area contributed by atoms with Gasteiger partial charge in [-0.1, -0.05) is 29.7 Å². The van der Waals surface area contributed by atoms with Crippen molar-refractivity contribution in [1.29, 1.82) is 0 Å². The van der Waals surface area contributed by atoms with Crippen LogP contribution in [0.15, 0.2) is 12.3 Å². The molecule has 2 aromatic heterocycles. The molecule has 0 saturated carbocycles. The summed E-state index contributed by atoms with van der Waals surface area (Å²) >= 11 is 0. The van der Waals surface area contributed by atoms with Crippen LogP contribution in [0.1, 0.15) is 90.8 Å². The highest BCUT2D eigenvalue weighted by Crippen LogP contribution is 2.31. The van der Waals surface area contributed by atoms with E-state index < -0.39 is 5.60 Å². The average Bonchev–Trinajstić information content (AvgIpc) is 3.23. The monoisotopic (exact) mass is 498 g/mol. The Morgan fingerprint density at radius 1 is 1.18 bits per heavy atom. The highest BCUT2D eigenvalue weighted by molar-refractivity contribution is 7.59. The molecular formula is C24H46N6O3S. The van der Waals surface area contributed by atoms with Gasteiger partial charge in [0, 0.05) is 49.4 Å². The third-order valence-corrected chi connectivity index (χ3v) is 5.51. The molecule has 2 aliphatic rings. The zero-order valence-electron chi connectivity index (χ0n) is 18.1. The highest BCUT2D eigenvalue weighted by atomic mass is 32.1. The number of H-pyrrole nitrogens is 1. The summed E-state index contributed by atoms with van der Waals surface area (Å²) in [5.74, 6) is 0.00731. The van der Waals surface area contributed by atoms with Gasteiger partial charge in [-0.25, -0.2) is 4.79 Å². The van der Waals surface area contributed by atoms with Crippen LogP contribution < -0.4 is 0 Å². The first kappa shape index (κ1) is 33.7. The van der Waals surface area contributed by atoms with E-state index in [-0.39, 0.29) is 67.2 Å². The van der Waals surface area contributed by atoms with E-state index in [2.05, 4.69) is 10.2 Å². The van der Waals surface area contributed by atoms with Crippen molar-refractivity contribution in [2.24, 2.45) is 0 Å². The van der Waals surface area contributed by atoms with Crippen molar-refractivity contribution in [2.45, 2.75) is 94.5 Å². The predicted molar refractivity (Wildman–Crippen MR) is 143 cm³/mol. The normalized spacial score (nSPS) is 18.9. The number of amides is 2. The van der Waals surface area contributed by atoms with Gasteiger partial charge in [0.1, 0.15) is 11.3 Å². The van der Waals surface area contributed by atoms with Crippen LogP contribution in [0.25, 0.3) is 0 Å². The molecule has 0 aliphatic carbocycles. The number of carbonyl (C=O) groups is 2. The molecule has 9 nitrogen and oxygen atoms in total. The molecular weight excluding hydrogens is 452 g/mol. The second-order valence-corrected chi connectivity index (χ2v) is 9.01. The molecule has 0 fully saturated rings. The Kier molecular flexibility index (Phi) is 12.2. The van der Waals surface area contributed by atoms with E-state index in [1.54, 1.807) is 23.0 Å². The van der Waals surface area contributed by atoms with Crippen molar-refractivity contribution in [3.05, 3.63) is 34.9 Å². The lowest BCUT2D eigenvalue weighted by molar-refractivity contribution is 0.0136. The molecule has 0 saturated heterocycles. The molecule has 1 N–H and O–H groups in total. The summed E-state index contributed by atoms with van der Waals surface area (Å²) < 4.78 is 7.39. The molecule has 2 amide bonds. The van der Waals surface area contributed by atoms with Crippen LogP contribution >= 0.6 is 13.5 Å². The topological polar surface area (TPSA) is 96.3 Å². The van der Waals surface area contributed by atoms with Crippen LogP contribution in [-0.2, 0) is 24.2 Å². The van der Waals surface area contributed by atoms with Crippen molar-refractivity contribution in [2.75, 3.05) is 13.6 Å². The molecule has 4 rings (SSSR count). The summed E-state index contributed by atoms with van der Waals surface area (Å²) in [6.07, 6.45) is 1.96. The Bertz CT molecular complexity index is 935. The third-order valence-electron chi connectivity index (χ3n) is 5.51. The number of nitrogens with one attached hydrogen (secondary N) is 1. The maximum absolute atomic E-state index is 13.2. The summed E-state index contributed by atoms with van der Waals surface area (Å²) in [5, 5.41) is 11.8. The Labute approximate surface area is 212 Å². The van der Waals surface area contributed by atoms with Gasteiger partial charge in [0.15, 0.2) is 0 Å². The van der Waals surface area contributed by atoms with E-state index in [9.17, 15) is 9.59 Å². The number of aromatic nitrogens is 4. The SMILES string of the molecule is C.C.C.C.C[C@@H]1Cc2nn3c(c2CN1C(=O)OC(C)(C)C)C(=O)N(C)C[C@@H](c1ccn[nH]1)C3.S. The minimum absolute atomic E-state index is 0. The molecule has 2 aromatic rings. The first-order valence-corrected chi connectivity index (χ1v) is 9.97. The number of nitrogens with zero attached hydrogens (tertiary/aromatic N) is 5. The third kappa shape index (κ3) is 6.34. The van der Waals surface area contributed by atoms with E-state index in [0.717, 1.165) is 17.0 Å². The molecule has 0 aromatic carbocycles. The molecule has 196 valence electrons. The van der Waals surface area contributed by atoms with Crippen LogP contribution in [0.4, 0.5) is 4.79 Å². The molecule has 0 unspecified atom stereocenters. The molecule has 0 spiro atoms. The van der Waals surface area contributed by atoms with Gasteiger partial charge < -0.3 is 14.5 Å². The minimum Gasteiger partial charge on any atom is -0.444 e. The molecule has 2 aliphatic heterocycles. The molecule has 4 heterocycles. The first-order chi connectivity index (χ1) is 13.6. The molecule has 0 radical (unpaired) electrons. The number of ether oxygens (including phenoxy) is 1. The largest absolute Gasteiger partial charge is 0.444 e. The summed E-state index contributed by atoms with van der Waals surface area (Å²) in [6, 6.07) is 1.89. The van der Waals surface area contributed by atoms with E-state index in [1.807, 2.05) is 38.4 Å². The first-order valence-electron chi connectivity index (χ1n) is 9.97. The standard InChI is InChI=1S/C20H28N6O3.4CH4.H2S/c1-12-8-16-14(11-25(12)19(28)29-20(2,3)4)17-18(27)24(5)9-13(10-26(17)23-16)15-6-7-21-22-15;;;;;/h6-7,12-13H,8-11H2,1-5H3,(H,21,22);4*1H4;1H2/t12-,13-;;;;;/m1...../s1. The van der Waals surface area contributed by atoms with Crippen LogP contribution in [0, 0.1) is 0 Å². The van der Waals surface area contributed by atoms with Crippen molar-refractivity contribution in [3.63, 3.8) is 0 Å². The van der Waals surface area contributed by atoms with Gasteiger partial charge in [0.2, 0.25) is 0 Å². The Morgan fingerprint density at radius 2 is 1.82 bits per heavy atom. The smallest absolute Gasteiger partial charge is 0.410 e. The fraction of sp³-hybridized carbons (Fsp3) is 0.667.